The maximum Gasteiger partial charge on any atom is 0.181 e. The van der Waals surface area contributed by atoms with Crippen LogP contribution in [0.25, 0.3) is 22.2 Å². The van der Waals surface area contributed by atoms with E-state index in [1.807, 2.05) is 18.3 Å². The summed E-state index contributed by atoms with van der Waals surface area (Å²) in [6, 6.07) is 6.09. The zero-order chi connectivity index (χ0) is 10.3. The highest BCUT2D eigenvalue weighted by Crippen LogP contribution is 2.30. The molecule has 15 heavy (non-hydrogen) atoms. The fraction of sp³-hybridized carbons (Fsp3) is 0. The Hall–Kier alpha value is -1.55. The predicted molar refractivity (Wildman–Crippen MR) is 61.5 cm³/mol. The number of nitrogens with one attached hydrogen (secondary N) is 1. The highest BCUT2D eigenvalue weighted by Gasteiger charge is 2.08. The van der Waals surface area contributed by atoms with Crippen LogP contribution in [-0.2, 0) is 0 Å². The van der Waals surface area contributed by atoms with Gasteiger partial charge in [-0.05, 0) is 18.2 Å². The van der Waals surface area contributed by atoms with Crippen LogP contribution >= 0.6 is 15.9 Å². The van der Waals surface area contributed by atoms with E-state index in [9.17, 15) is 0 Å². The molecule has 0 amide bonds. The highest BCUT2D eigenvalue weighted by molar-refractivity contribution is 9.10. The van der Waals surface area contributed by atoms with Gasteiger partial charge in [0.1, 0.15) is 0 Å². The fourth-order valence-corrected chi connectivity index (χ4v) is 2.01. The van der Waals surface area contributed by atoms with Crippen molar-refractivity contribution in [2.24, 2.45) is 0 Å². The highest BCUT2D eigenvalue weighted by atomic mass is 79.9. The number of nitrogens with zero attached hydrogens (tertiary/aromatic N) is 1. The normalized spacial score (nSPS) is 11.0. The molecular formula is C11H7BrN2O. The Kier molecular flexibility index (Phi) is 1.89. The number of hydrogen-bond donors (Lipinski definition) is 1. The van der Waals surface area contributed by atoms with E-state index in [1.165, 1.54) is 6.39 Å². The second-order valence-corrected chi connectivity index (χ2v) is 4.17. The van der Waals surface area contributed by atoms with Crippen molar-refractivity contribution in [1.29, 1.82) is 0 Å². The van der Waals surface area contributed by atoms with E-state index >= 15 is 0 Å². The third kappa shape index (κ3) is 1.37. The lowest BCUT2D eigenvalue weighted by atomic mass is 10.1. The molecule has 3 rings (SSSR count). The van der Waals surface area contributed by atoms with E-state index in [0.29, 0.717) is 0 Å². The molecule has 0 aliphatic carbocycles. The molecular weight excluding hydrogens is 256 g/mol. The average Bonchev–Trinajstić information content (AvgIpc) is 2.83. The summed E-state index contributed by atoms with van der Waals surface area (Å²) < 4.78 is 6.33. The van der Waals surface area contributed by atoms with E-state index in [1.54, 1.807) is 6.20 Å². The largest absolute Gasteiger partial charge is 0.443 e. The van der Waals surface area contributed by atoms with Gasteiger partial charge in [-0.15, -0.1) is 0 Å². The third-order valence-electron chi connectivity index (χ3n) is 2.34. The van der Waals surface area contributed by atoms with Crippen molar-refractivity contribution in [1.82, 2.24) is 9.97 Å². The summed E-state index contributed by atoms with van der Waals surface area (Å²) in [6.07, 6.45) is 5.08. The number of aromatic nitrogens is 2. The lowest BCUT2D eigenvalue weighted by molar-refractivity contribution is 0.572. The molecule has 4 heteroatoms. The van der Waals surface area contributed by atoms with Crippen molar-refractivity contribution >= 4 is 26.8 Å². The second kappa shape index (κ2) is 3.24. The van der Waals surface area contributed by atoms with Crippen molar-refractivity contribution in [3.63, 3.8) is 0 Å². The lowest BCUT2D eigenvalue weighted by Gasteiger charge is -1.94. The van der Waals surface area contributed by atoms with E-state index in [2.05, 4.69) is 32.0 Å². The van der Waals surface area contributed by atoms with Crippen LogP contribution in [0.3, 0.4) is 0 Å². The summed E-state index contributed by atoms with van der Waals surface area (Å²) in [5, 5.41) is 1.13. The molecule has 2 heterocycles. The lowest BCUT2D eigenvalue weighted by Crippen LogP contribution is -1.71. The fourth-order valence-electron chi connectivity index (χ4n) is 1.65. The van der Waals surface area contributed by atoms with Gasteiger partial charge in [0.15, 0.2) is 12.2 Å². The summed E-state index contributed by atoms with van der Waals surface area (Å²) in [4.78, 5) is 7.11. The molecule has 0 radical (unpaired) electrons. The Morgan fingerprint density at radius 1 is 1.33 bits per heavy atom. The van der Waals surface area contributed by atoms with Crippen molar-refractivity contribution in [3.05, 3.63) is 41.5 Å². The van der Waals surface area contributed by atoms with Crippen LogP contribution in [-0.4, -0.2) is 9.97 Å². The second-order valence-electron chi connectivity index (χ2n) is 3.26. The van der Waals surface area contributed by atoms with Crippen LogP contribution in [0.15, 0.2) is 45.9 Å². The Bertz CT molecular complexity index is 598. The molecule has 0 atom stereocenters. The molecule has 0 unspecified atom stereocenters. The van der Waals surface area contributed by atoms with Crippen molar-refractivity contribution < 1.29 is 4.42 Å². The maximum absolute atomic E-state index is 5.28. The molecule has 0 fully saturated rings. The summed E-state index contributed by atoms with van der Waals surface area (Å²) in [7, 11) is 0. The number of halogens is 1. The summed E-state index contributed by atoms with van der Waals surface area (Å²) in [5.41, 5.74) is 2.12. The molecule has 1 aromatic carbocycles. The molecule has 1 N–H and O–H groups in total. The SMILES string of the molecule is Brc1ccc2[nH]cc(-c3cnco3)c2c1. The number of hydrogen-bond acceptors (Lipinski definition) is 2. The van der Waals surface area contributed by atoms with Crippen LogP contribution < -0.4 is 0 Å². The molecule has 0 aliphatic rings. The van der Waals surface area contributed by atoms with Gasteiger partial charge in [0.05, 0.1) is 6.20 Å². The van der Waals surface area contributed by atoms with Crippen LogP contribution in [0, 0.1) is 0 Å². The van der Waals surface area contributed by atoms with Crippen molar-refractivity contribution in [3.8, 4) is 11.3 Å². The molecule has 74 valence electrons. The average molecular weight is 263 g/mol. The van der Waals surface area contributed by atoms with Crippen LogP contribution in [0.5, 0.6) is 0 Å². The van der Waals surface area contributed by atoms with E-state index < -0.39 is 0 Å². The molecule has 0 aliphatic heterocycles. The van der Waals surface area contributed by atoms with Gasteiger partial charge in [-0.1, -0.05) is 15.9 Å². The first-order valence-electron chi connectivity index (χ1n) is 4.50. The van der Waals surface area contributed by atoms with Crippen molar-refractivity contribution in [2.75, 3.05) is 0 Å². The number of fused-ring (bicyclic) bond motifs is 1. The number of aromatic amines is 1. The zero-order valence-corrected chi connectivity index (χ0v) is 9.28. The standard InChI is InChI=1S/C11H7BrN2O/c12-7-1-2-10-8(3-7)9(4-14-10)11-5-13-6-15-11/h1-6,14H. The number of benzene rings is 1. The monoisotopic (exact) mass is 262 g/mol. The molecule has 3 nitrogen and oxygen atoms in total. The Morgan fingerprint density at radius 2 is 2.27 bits per heavy atom. The minimum atomic E-state index is 0.777. The summed E-state index contributed by atoms with van der Waals surface area (Å²) in [6.45, 7) is 0. The summed E-state index contributed by atoms with van der Waals surface area (Å²) in [5.74, 6) is 0.777. The molecule has 2 aromatic heterocycles. The van der Waals surface area contributed by atoms with E-state index in [4.69, 9.17) is 4.42 Å². The van der Waals surface area contributed by atoms with Crippen LogP contribution in [0.4, 0.5) is 0 Å². The van der Waals surface area contributed by atoms with Crippen LogP contribution in [0.2, 0.25) is 0 Å². The van der Waals surface area contributed by atoms with Gasteiger partial charge in [-0.2, -0.15) is 0 Å². The molecule has 0 bridgehead atoms. The van der Waals surface area contributed by atoms with Gasteiger partial charge in [0, 0.05) is 27.1 Å². The Morgan fingerprint density at radius 3 is 3.07 bits per heavy atom. The predicted octanol–water partition coefficient (Wildman–Crippen LogP) is 3.59. The topological polar surface area (TPSA) is 41.8 Å². The number of H-pyrrole nitrogens is 1. The van der Waals surface area contributed by atoms with E-state index in [-0.39, 0.29) is 0 Å². The number of oxazole rings is 1. The smallest absolute Gasteiger partial charge is 0.181 e. The van der Waals surface area contributed by atoms with Gasteiger partial charge in [0.2, 0.25) is 0 Å². The molecule has 3 aromatic rings. The molecule has 0 saturated heterocycles. The minimum Gasteiger partial charge on any atom is -0.443 e. The van der Waals surface area contributed by atoms with Gasteiger partial charge in [0.25, 0.3) is 0 Å². The zero-order valence-electron chi connectivity index (χ0n) is 7.70. The van der Waals surface area contributed by atoms with Crippen molar-refractivity contribution in [2.45, 2.75) is 0 Å². The van der Waals surface area contributed by atoms with Gasteiger partial charge in [-0.25, -0.2) is 4.98 Å². The van der Waals surface area contributed by atoms with Gasteiger partial charge < -0.3 is 9.40 Å². The first kappa shape index (κ1) is 8.73. The molecule has 0 saturated carbocycles. The minimum absolute atomic E-state index is 0.777. The first-order valence-corrected chi connectivity index (χ1v) is 5.29. The van der Waals surface area contributed by atoms with Gasteiger partial charge in [-0.3, -0.25) is 0 Å². The molecule has 0 spiro atoms. The van der Waals surface area contributed by atoms with Crippen LogP contribution in [0.1, 0.15) is 0 Å². The third-order valence-corrected chi connectivity index (χ3v) is 2.83. The summed E-state index contributed by atoms with van der Waals surface area (Å²) >= 11 is 3.45. The first-order chi connectivity index (χ1) is 7.34. The Labute approximate surface area is 94.3 Å². The number of rotatable bonds is 1. The van der Waals surface area contributed by atoms with Gasteiger partial charge >= 0.3 is 0 Å². The Balaban J connectivity index is 2.32. The quantitative estimate of drug-likeness (QED) is 0.729. The van der Waals surface area contributed by atoms with E-state index in [0.717, 1.165) is 26.7 Å². The maximum atomic E-state index is 5.28.